The van der Waals surface area contributed by atoms with Crippen LogP contribution in [0.5, 0.6) is 0 Å². The van der Waals surface area contributed by atoms with Gasteiger partial charge in [0.05, 0.1) is 0 Å². The van der Waals surface area contributed by atoms with Crippen LogP contribution in [0.3, 0.4) is 0 Å². The highest BCUT2D eigenvalue weighted by Gasteiger charge is 2.30. The molecular weight excluding hydrogens is 234 g/mol. The summed E-state index contributed by atoms with van der Waals surface area (Å²) in [4.78, 5) is 6.99. The second-order valence-electron chi connectivity index (χ2n) is 6.47. The average Bonchev–Trinajstić information content (AvgIpc) is 2.72. The van der Waals surface area contributed by atoms with Crippen molar-refractivity contribution in [1.82, 2.24) is 10.3 Å². The lowest BCUT2D eigenvalue weighted by atomic mass is 9.93. The summed E-state index contributed by atoms with van der Waals surface area (Å²) in [5.41, 5.74) is 4.25. The molecule has 0 saturated carbocycles. The number of anilines is 1. The first-order valence-electron chi connectivity index (χ1n) is 7.43. The van der Waals surface area contributed by atoms with Crippen molar-refractivity contribution in [1.29, 1.82) is 0 Å². The van der Waals surface area contributed by atoms with Gasteiger partial charge in [-0.15, -0.1) is 0 Å². The third-order valence-electron chi connectivity index (χ3n) is 3.86. The van der Waals surface area contributed by atoms with Crippen LogP contribution in [-0.4, -0.2) is 24.6 Å². The zero-order valence-electron chi connectivity index (χ0n) is 12.8. The van der Waals surface area contributed by atoms with Crippen LogP contribution in [0.4, 0.5) is 5.69 Å². The van der Waals surface area contributed by atoms with E-state index in [1.165, 1.54) is 24.1 Å². The third-order valence-corrected chi connectivity index (χ3v) is 3.86. The molecule has 1 aliphatic heterocycles. The smallest absolute Gasteiger partial charge is 0.0445 e. The molecule has 2 rings (SSSR count). The van der Waals surface area contributed by atoms with E-state index in [4.69, 9.17) is 0 Å². The van der Waals surface area contributed by atoms with Crippen molar-refractivity contribution in [3.63, 3.8) is 0 Å². The van der Waals surface area contributed by atoms with Crippen molar-refractivity contribution in [3.8, 4) is 0 Å². The predicted octanol–water partition coefficient (Wildman–Crippen LogP) is 3.13. The Kier molecular flexibility index (Phi) is 4.46. The maximum atomic E-state index is 4.46. The normalized spacial score (nSPS) is 18.0. The summed E-state index contributed by atoms with van der Waals surface area (Å²) in [5.74, 6) is 0. The monoisotopic (exact) mass is 261 g/mol. The third kappa shape index (κ3) is 3.69. The van der Waals surface area contributed by atoms with Crippen LogP contribution >= 0.6 is 0 Å². The number of pyridine rings is 1. The van der Waals surface area contributed by atoms with Gasteiger partial charge < -0.3 is 10.2 Å². The first kappa shape index (κ1) is 14.3. The Bertz CT molecular complexity index is 426. The zero-order chi connectivity index (χ0) is 13.9. The number of hydrogen-bond acceptors (Lipinski definition) is 3. The van der Waals surface area contributed by atoms with Crippen LogP contribution in [0.15, 0.2) is 12.3 Å². The van der Waals surface area contributed by atoms with Crippen molar-refractivity contribution >= 4 is 5.69 Å². The molecule has 0 spiro atoms. The van der Waals surface area contributed by atoms with Gasteiger partial charge in [-0.25, -0.2) is 0 Å². The Morgan fingerprint density at radius 3 is 2.84 bits per heavy atom. The van der Waals surface area contributed by atoms with E-state index in [2.05, 4.69) is 49.0 Å². The second-order valence-corrected chi connectivity index (χ2v) is 6.47. The van der Waals surface area contributed by atoms with Crippen molar-refractivity contribution in [2.45, 2.75) is 47.1 Å². The van der Waals surface area contributed by atoms with Gasteiger partial charge >= 0.3 is 0 Å². The van der Waals surface area contributed by atoms with E-state index in [0.717, 1.165) is 31.9 Å². The first-order chi connectivity index (χ1) is 9.02. The van der Waals surface area contributed by atoms with Gasteiger partial charge in [-0.1, -0.05) is 20.8 Å². The minimum atomic E-state index is 0.436. The summed E-state index contributed by atoms with van der Waals surface area (Å²) in [5, 5.41) is 3.49. The van der Waals surface area contributed by atoms with Crippen LogP contribution in [0.1, 0.15) is 44.9 Å². The molecule has 3 nitrogen and oxygen atoms in total. The van der Waals surface area contributed by atoms with Gasteiger partial charge in [0.2, 0.25) is 0 Å². The Morgan fingerprint density at radius 1 is 1.42 bits per heavy atom. The fraction of sp³-hybridized carbons (Fsp3) is 0.688. The Morgan fingerprint density at radius 2 is 2.21 bits per heavy atom. The number of aromatic nitrogens is 1. The highest BCUT2D eigenvalue weighted by atomic mass is 15.2. The molecule has 106 valence electrons. The average molecular weight is 261 g/mol. The minimum Gasteiger partial charge on any atom is -0.371 e. The molecule has 1 aliphatic rings. The molecule has 0 unspecified atom stereocenters. The summed E-state index contributed by atoms with van der Waals surface area (Å²) >= 11 is 0. The molecule has 1 N–H and O–H groups in total. The molecule has 0 aliphatic carbocycles. The Balaban J connectivity index is 2.15. The van der Waals surface area contributed by atoms with Crippen molar-refractivity contribution < 1.29 is 0 Å². The molecule has 0 atom stereocenters. The number of hydrogen-bond donors (Lipinski definition) is 1. The van der Waals surface area contributed by atoms with Gasteiger partial charge in [0, 0.05) is 42.8 Å². The SMILES string of the molecule is CCCNCc1cnc(C)cc1N1CCC(C)(C)C1. The molecule has 1 saturated heterocycles. The fourth-order valence-electron chi connectivity index (χ4n) is 2.72. The van der Waals surface area contributed by atoms with Gasteiger partial charge in [-0.05, 0) is 37.8 Å². The van der Waals surface area contributed by atoms with Gasteiger partial charge in [0.25, 0.3) is 0 Å². The van der Waals surface area contributed by atoms with Crippen LogP contribution in [0, 0.1) is 12.3 Å². The molecule has 0 aromatic carbocycles. The summed E-state index contributed by atoms with van der Waals surface area (Å²) in [6.07, 6.45) is 4.49. The van der Waals surface area contributed by atoms with E-state index in [-0.39, 0.29) is 0 Å². The van der Waals surface area contributed by atoms with E-state index in [1.54, 1.807) is 0 Å². The summed E-state index contributed by atoms with van der Waals surface area (Å²) < 4.78 is 0. The maximum absolute atomic E-state index is 4.46. The van der Waals surface area contributed by atoms with Crippen LogP contribution in [-0.2, 0) is 6.54 Å². The standard InChI is InChI=1S/C16H27N3/c1-5-7-17-10-14-11-18-13(2)9-15(14)19-8-6-16(3,4)12-19/h9,11,17H,5-8,10,12H2,1-4H3. The van der Waals surface area contributed by atoms with Crippen molar-refractivity contribution in [2.24, 2.45) is 5.41 Å². The van der Waals surface area contributed by atoms with Crippen molar-refractivity contribution in [3.05, 3.63) is 23.5 Å². The van der Waals surface area contributed by atoms with E-state index in [1.807, 2.05) is 6.20 Å². The molecular formula is C16H27N3. The molecule has 19 heavy (non-hydrogen) atoms. The van der Waals surface area contributed by atoms with E-state index in [9.17, 15) is 0 Å². The van der Waals surface area contributed by atoms with Crippen molar-refractivity contribution in [2.75, 3.05) is 24.5 Å². The van der Waals surface area contributed by atoms with Crippen LogP contribution < -0.4 is 10.2 Å². The molecule has 3 heteroatoms. The number of nitrogens with one attached hydrogen (secondary N) is 1. The lowest BCUT2D eigenvalue weighted by Gasteiger charge is -2.24. The lowest BCUT2D eigenvalue weighted by molar-refractivity contribution is 0.418. The van der Waals surface area contributed by atoms with Gasteiger partial charge in [-0.2, -0.15) is 0 Å². The van der Waals surface area contributed by atoms with E-state index >= 15 is 0 Å². The summed E-state index contributed by atoms with van der Waals surface area (Å²) in [6, 6.07) is 2.24. The molecule has 2 heterocycles. The highest BCUT2D eigenvalue weighted by molar-refractivity contribution is 5.54. The number of rotatable bonds is 5. The number of aryl methyl sites for hydroxylation is 1. The predicted molar refractivity (Wildman–Crippen MR) is 81.6 cm³/mol. The largest absolute Gasteiger partial charge is 0.371 e. The van der Waals surface area contributed by atoms with E-state index in [0.29, 0.717) is 5.41 Å². The van der Waals surface area contributed by atoms with Crippen LogP contribution in [0.2, 0.25) is 0 Å². The summed E-state index contributed by atoms with van der Waals surface area (Å²) in [6.45, 7) is 13.3. The minimum absolute atomic E-state index is 0.436. The molecule has 1 aromatic heterocycles. The topological polar surface area (TPSA) is 28.2 Å². The Hall–Kier alpha value is -1.09. The number of nitrogens with zero attached hydrogens (tertiary/aromatic N) is 2. The van der Waals surface area contributed by atoms with Gasteiger partial charge in [-0.3, -0.25) is 4.98 Å². The summed E-state index contributed by atoms with van der Waals surface area (Å²) in [7, 11) is 0. The molecule has 0 amide bonds. The second kappa shape index (κ2) is 5.91. The highest BCUT2D eigenvalue weighted by Crippen LogP contribution is 2.34. The molecule has 0 radical (unpaired) electrons. The zero-order valence-corrected chi connectivity index (χ0v) is 12.8. The van der Waals surface area contributed by atoms with Gasteiger partial charge in [0.1, 0.15) is 0 Å². The maximum Gasteiger partial charge on any atom is 0.0445 e. The molecule has 1 aromatic rings. The lowest BCUT2D eigenvalue weighted by Crippen LogP contribution is -2.25. The Labute approximate surface area is 117 Å². The quantitative estimate of drug-likeness (QED) is 0.825. The molecule has 1 fully saturated rings. The van der Waals surface area contributed by atoms with Gasteiger partial charge in [0.15, 0.2) is 0 Å². The fourth-order valence-corrected chi connectivity index (χ4v) is 2.72. The first-order valence-corrected chi connectivity index (χ1v) is 7.43. The van der Waals surface area contributed by atoms with Crippen LogP contribution in [0.25, 0.3) is 0 Å². The molecule has 0 bridgehead atoms. The van der Waals surface area contributed by atoms with E-state index < -0.39 is 0 Å².